The van der Waals surface area contributed by atoms with Gasteiger partial charge in [0.2, 0.25) is 12.0 Å². The first-order chi connectivity index (χ1) is 16.5. The number of nitrogens with one attached hydrogen (secondary N) is 2. The molecule has 1 atom stereocenters. The quantitative estimate of drug-likeness (QED) is 0.442. The number of para-hydroxylation sites is 2. The number of hydrogen-bond donors (Lipinski definition) is 2. The second-order valence-corrected chi connectivity index (χ2v) is 7.96. The van der Waals surface area contributed by atoms with Gasteiger partial charge in [-0.1, -0.05) is 48.5 Å². The minimum Gasteiger partial charge on any atom is -0.492 e. The van der Waals surface area contributed by atoms with Crippen molar-refractivity contribution < 1.29 is 23.9 Å². The average Bonchev–Trinajstić information content (AvgIpc) is 3.70. The molecule has 3 aromatic rings. The Kier molecular flexibility index (Phi) is 7.22. The van der Waals surface area contributed by atoms with Crippen LogP contribution in [0, 0.1) is 5.92 Å². The zero-order chi connectivity index (χ0) is 23.9. The van der Waals surface area contributed by atoms with Crippen LogP contribution in [0.5, 0.6) is 5.75 Å². The molecule has 4 rings (SSSR count). The maximum atomic E-state index is 13.2. The molecule has 0 aromatic heterocycles. The van der Waals surface area contributed by atoms with Crippen molar-refractivity contribution in [1.29, 1.82) is 0 Å². The summed E-state index contributed by atoms with van der Waals surface area (Å²) >= 11 is 0. The second-order valence-electron chi connectivity index (χ2n) is 7.96. The van der Waals surface area contributed by atoms with Crippen molar-refractivity contribution in [1.82, 2.24) is 0 Å². The number of rotatable bonds is 9. The van der Waals surface area contributed by atoms with Gasteiger partial charge in [0.1, 0.15) is 5.75 Å². The van der Waals surface area contributed by atoms with Crippen molar-refractivity contribution in [3.05, 3.63) is 90.0 Å². The summed E-state index contributed by atoms with van der Waals surface area (Å²) in [5, 5.41) is 5.63. The van der Waals surface area contributed by atoms with E-state index in [1.807, 2.05) is 19.1 Å². The lowest BCUT2D eigenvalue weighted by atomic mass is 10.1. The molecule has 174 valence electrons. The van der Waals surface area contributed by atoms with Gasteiger partial charge in [0.25, 0.3) is 5.91 Å². The van der Waals surface area contributed by atoms with E-state index < -0.39 is 18.0 Å². The average molecular weight is 459 g/mol. The highest BCUT2D eigenvalue weighted by molar-refractivity contribution is 6.00. The zero-order valence-electron chi connectivity index (χ0n) is 18.8. The van der Waals surface area contributed by atoms with Crippen LogP contribution in [0.25, 0.3) is 0 Å². The van der Waals surface area contributed by atoms with Crippen LogP contribution in [0.2, 0.25) is 0 Å². The molecular formula is C27H26N2O5. The van der Waals surface area contributed by atoms with E-state index >= 15 is 0 Å². The lowest BCUT2D eigenvalue weighted by molar-refractivity contribution is -0.125. The van der Waals surface area contributed by atoms with Crippen LogP contribution < -0.4 is 15.4 Å². The van der Waals surface area contributed by atoms with Crippen LogP contribution in [0.4, 0.5) is 11.4 Å². The van der Waals surface area contributed by atoms with Crippen LogP contribution >= 0.6 is 0 Å². The summed E-state index contributed by atoms with van der Waals surface area (Å²) in [4.78, 5) is 38.3. The fourth-order valence-electron chi connectivity index (χ4n) is 3.44. The predicted octanol–water partition coefficient (Wildman–Crippen LogP) is 4.97. The van der Waals surface area contributed by atoms with E-state index in [0.717, 1.165) is 12.8 Å². The molecule has 0 heterocycles. The molecule has 7 heteroatoms. The fourth-order valence-corrected chi connectivity index (χ4v) is 3.44. The van der Waals surface area contributed by atoms with Crippen LogP contribution in [-0.4, -0.2) is 24.4 Å². The standard InChI is InChI=1S/C27H26N2O5/c1-2-33-23-14-7-6-13-22(23)29-26(31)24(18-9-4-3-5-10-18)34-27(32)20-11-8-12-21(17-20)28-25(30)19-15-16-19/h3-14,17,19,24H,2,15-16H2,1H3,(H,28,30)(H,29,31). The van der Waals surface area contributed by atoms with Crippen molar-refractivity contribution in [3.63, 3.8) is 0 Å². The molecule has 1 fully saturated rings. The van der Waals surface area contributed by atoms with Gasteiger partial charge in [0, 0.05) is 17.2 Å². The molecule has 3 aromatic carbocycles. The van der Waals surface area contributed by atoms with Gasteiger partial charge in [-0.3, -0.25) is 9.59 Å². The number of amides is 2. The van der Waals surface area contributed by atoms with Gasteiger partial charge in [0.15, 0.2) is 0 Å². The molecule has 1 aliphatic carbocycles. The smallest absolute Gasteiger partial charge is 0.339 e. The van der Waals surface area contributed by atoms with Gasteiger partial charge in [0.05, 0.1) is 17.9 Å². The van der Waals surface area contributed by atoms with Gasteiger partial charge in [-0.15, -0.1) is 0 Å². The minimum absolute atomic E-state index is 0.0429. The van der Waals surface area contributed by atoms with E-state index in [9.17, 15) is 14.4 Å². The van der Waals surface area contributed by atoms with E-state index in [1.165, 1.54) is 0 Å². The third kappa shape index (κ3) is 5.81. The first-order valence-corrected chi connectivity index (χ1v) is 11.2. The fraction of sp³-hybridized carbons (Fsp3) is 0.222. The third-order valence-corrected chi connectivity index (χ3v) is 5.32. The lowest BCUT2D eigenvalue weighted by Gasteiger charge is -2.19. The molecule has 7 nitrogen and oxygen atoms in total. The normalized spacial score (nSPS) is 13.4. The predicted molar refractivity (Wildman–Crippen MR) is 129 cm³/mol. The first-order valence-electron chi connectivity index (χ1n) is 11.2. The minimum atomic E-state index is -1.19. The summed E-state index contributed by atoms with van der Waals surface area (Å²) in [6.45, 7) is 2.30. The summed E-state index contributed by atoms with van der Waals surface area (Å²) in [7, 11) is 0. The Balaban J connectivity index is 1.53. The molecule has 1 unspecified atom stereocenters. The van der Waals surface area contributed by atoms with Gasteiger partial charge in [-0.05, 0) is 50.1 Å². The molecule has 0 saturated heterocycles. The topological polar surface area (TPSA) is 93.7 Å². The number of anilines is 2. The van der Waals surface area contributed by atoms with E-state index in [-0.39, 0.29) is 17.4 Å². The van der Waals surface area contributed by atoms with Crippen molar-refractivity contribution in [2.24, 2.45) is 5.92 Å². The summed E-state index contributed by atoms with van der Waals surface area (Å²) in [5.41, 5.74) is 1.76. The van der Waals surface area contributed by atoms with Crippen molar-refractivity contribution >= 4 is 29.2 Å². The number of carbonyl (C=O) groups excluding carboxylic acids is 3. The Morgan fingerprint density at radius 2 is 1.65 bits per heavy atom. The van der Waals surface area contributed by atoms with Crippen LogP contribution in [0.1, 0.15) is 41.8 Å². The molecule has 34 heavy (non-hydrogen) atoms. The summed E-state index contributed by atoms with van der Waals surface area (Å²) in [6, 6.07) is 22.4. The largest absolute Gasteiger partial charge is 0.492 e. The number of esters is 1. The van der Waals surface area contributed by atoms with Crippen LogP contribution in [0.15, 0.2) is 78.9 Å². The SMILES string of the molecule is CCOc1ccccc1NC(=O)C(OC(=O)c1cccc(NC(=O)C2CC2)c1)c1ccccc1. The molecule has 0 spiro atoms. The summed E-state index contributed by atoms with van der Waals surface area (Å²) in [6.07, 6.45) is 0.579. The maximum Gasteiger partial charge on any atom is 0.339 e. The summed E-state index contributed by atoms with van der Waals surface area (Å²) in [5.74, 6) is -0.675. The molecule has 1 aliphatic rings. The maximum absolute atomic E-state index is 13.2. The molecule has 2 amide bonds. The summed E-state index contributed by atoms with van der Waals surface area (Å²) < 4.78 is 11.3. The van der Waals surface area contributed by atoms with Crippen LogP contribution in [-0.2, 0) is 14.3 Å². The monoisotopic (exact) mass is 458 g/mol. The molecule has 0 aliphatic heterocycles. The number of benzene rings is 3. The Morgan fingerprint density at radius 3 is 2.38 bits per heavy atom. The van der Waals surface area contributed by atoms with Crippen molar-refractivity contribution in [2.45, 2.75) is 25.9 Å². The van der Waals surface area contributed by atoms with E-state index in [2.05, 4.69) is 10.6 Å². The first kappa shape index (κ1) is 23.0. The van der Waals surface area contributed by atoms with Crippen LogP contribution in [0.3, 0.4) is 0 Å². The van der Waals surface area contributed by atoms with Gasteiger partial charge < -0.3 is 20.1 Å². The highest BCUT2D eigenvalue weighted by Crippen LogP contribution is 2.31. The number of carbonyl (C=O) groups is 3. The highest BCUT2D eigenvalue weighted by atomic mass is 16.5. The van der Waals surface area contributed by atoms with Gasteiger partial charge in [-0.25, -0.2) is 4.79 Å². The molecule has 0 bridgehead atoms. The van der Waals surface area contributed by atoms with Gasteiger partial charge >= 0.3 is 5.97 Å². The van der Waals surface area contributed by atoms with E-state index in [4.69, 9.17) is 9.47 Å². The van der Waals surface area contributed by atoms with Crippen molar-refractivity contribution in [3.8, 4) is 5.75 Å². The Labute approximate surface area is 198 Å². The highest BCUT2D eigenvalue weighted by Gasteiger charge is 2.30. The van der Waals surface area contributed by atoms with Gasteiger partial charge in [-0.2, -0.15) is 0 Å². The second kappa shape index (κ2) is 10.7. The molecule has 2 N–H and O–H groups in total. The number of hydrogen-bond acceptors (Lipinski definition) is 5. The number of ether oxygens (including phenoxy) is 2. The molecule has 0 radical (unpaired) electrons. The van der Waals surface area contributed by atoms with Crippen molar-refractivity contribution in [2.75, 3.05) is 17.2 Å². The van der Waals surface area contributed by atoms with E-state index in [0.29, 0.717) is 29.3 Å². The third-order valence-electron chi connectivity index (χ3n) is 5.32. The lowest BCUT2D eigenvalue weighted by Crippen LogP contribution is -2.26. The Morgan fingerprint density at radius 1 is 0.912 bits per heavy atom. The molecule has 1 saturated carbocycles. The molecular weight excluding hydrogens is 432 g/mol. The Bertz CT molecular complexity index is 1170. The Hall–Kier alpha value is -4.13. The zero-order valence-corrected chi connectivity index (χ0v) is 18.8. The van der Waals surface area contributed by atoms with E-state index in [1.54, 1.807) is 66.7 Å².